The zero-order valence-electron chi connectivity index (χ0n) is 15.9. The van der Waals surface area contributed by atoms with E-state index in [0.717, 1.165) is 17.8 Å². The van der Waals surface area contributed by atoms with Gasteiger partial charge < -0.3 is 14.7 Å². The Morgan fingerprint density at radius 2 is 2.15 bits per heavy atom. The van der Waals surface area contributed by atoms with Crippen LogP contribution in [0.3, 0.4) is 0 Å². The molecule has 0 fully saturated rings. The van der Waals surface area contributed by atoms with Crippen LogP contribution in [0.15, 0.2) is 24.3 Å². The van der Waals surface area contributed by atoms with Crippen LogP contribution >= 0.6 is 0 Å². The lowest BCUT2D eigenvalue weighted by atomic mass is 10.1. The minimum Gasteiger partial charge on any atom is -0.496 e. The Bertz CT molecular complexity index is 821. The summed E-state index contributed by atoms with van der Waals surface area (Å²) in [5.41, 5.74) is 2.26. The van der Waals surface area contributed by atoms with Gasteiger partial charge >= 0.3 is 0 Å². The molecule has 0 aliphatic carbocycles. The number of aliphatic hydroxyl groups is 1. The molecule has 1 aliphatic heterocycles. The highest BCUT2D eigenvalue weighted by Crippen LogP contribution is 2.25. The summed E-state index contributed by atoms with van der Waals surface area (Å²) in [5.74, 6) is 0.228. The summed E-state index contributed by atoms with van der Waals surface area (Å²) in [6.45, 7) is 2.60. The van der Waals surface area contributed by atoms with Crippen molar-refractivity contribution in [3.8, 4) is 5.75 Å². The highest BCUT2D eigenvalue weighted by Gasteiger charge is 2.23. The number of benzene rings is 1. The van der Waals surface area contributed by atoms with E-state index in [1.165, 1.54) is 17.0 Å². The number of aromatic nitrogens is 2. The fraction of sp³-hybridized carbons (Fsp3) is 0.474. The lowest BCUT2D eigenvalue weighted by Crippen LogP contribution is -2.33. The van der Waals surface area contributed by atoms with Gasteiger partial charge in [-0.05, 0) is 24.3 Å². The Kier molecular flexibility index (Phi) is 5.76. The molecule has 1 unspecified atom stereocenters. The maximum Gasteiger partial charge on any atom is 0.225 e. The summed E-state index contributed by atoms with van der Waals surface area (Å²) in [4.78, 5) is 15.4. The number of rotatable bonds is 6. The summed E-state index contributed by atoms with van der Waals surface area (Å²) in [5, 5.41) is 14.7. The zero-order chi connectivity index (χ0) is 19.6. The minimum atomic E-state index is -0.922. The summed E-state index contributed by atoms with van der Waals surface area (Å²) in [6.07, 6.45) is -0.914. The third-order valence-corrected chi connectivity index (χ3v) is 4.74. The van der Waals surface area contributed by atoms with Crippen LogP contribution in [-0.2, 0) is 24.4 Å². The summed E-state index contributed by atoms with van der Waals surface area (Å²) < 4.78 is 20.8. The number of nitrogens with zero attached hydrogens (tertiary/aromatic N) is 4. The molecule has 0 bridgehead atoms. The van der Waals surface area contributed by atoms with Crippen LogP contribution in [0.2, 0.25) is 0 Å². The van der Waals surface area contributed by atoms with Gasteiger partial charge in [0.25, 0.3) is 0 Å². The fourth-order valence-corrected chi connectivity index (χ4v) is 3.20. The van der Waals surface area contributed by atoms with Crippen LogP contribution in [0.4, 0.5) is 4.39 Å². The molecule has 0 spiro atoms. The Morgan fingerprint density at radius 3 is 2.85 bits per heavy atom. The van der Waals surface area contributed by atoms with E-state index in [-0.39, 0.29) is 18.1 Å². The van der Waals surface area contributed by atoms with E-state index in [1.54, 1.807) is 27.3 Å². The number of aliphatic hydroxyl groups excluding tert-OH is 1. The van der Waals surface area contributed by atoms with E-state index in [1.807, 2.05) is 10.7 Å². The largest absolute Gasteiger partial charge is 0.496 e. The second-order valence-electron chi connectivity index (χ2n) is 6.96. The monoisotopic (exact) mass is 376 g/mol. The second kappa shape index (κ2) is 8.06. The van der Waals surface area contributed by atoms with Gasteiger partial charge in [0.05, 0.1) is 31.5 Å². The fourth-order valence-electron chi connectivity index (χ4n) is 3.20. The van der Waals surface area contributed by atoms with Gasteiger partial charge in [-0.2, -0.15) is 5.10 Å². The Hall–Kier alpha value is -2.45. The van der Waals surface area contributed by atoms with E-state index >= 15 is 0 Å². The quantitative estimate of drug-likeness (QED) is 0.829. The highest BCUT2D eigenvalue weighted by atomic mass is 19.1. The molecule has 0 radical (unpaired) electrons. The molecule has 27 heavy (non-hydrogen) atoms. The second-order valence-corrected chi connectivity index (χ2v) is 6.96. The summed E-state index contributed by atoms with van der Waals surface area (Å²) in [6, 6.07) is 6.35. The van der Waals surface area contributed by atoms with Crippen LogP contribution in [0, 0.1) is 5.82 Å². The van der Waals surface area contributed by atoms with Gasteiger partial charge in [0.2, 0.25) is 5.91 Å². The molecular formula is C19H25FN4O3. The molecular weight excluding hydrogens is 351 g/mol. The van der Waals surface area contributed by atoms with Crippen molar-refractivity contribution in [2.45, 2.75) is 32.2 Å². The van der Waals surface area contributed by atoms with Gasteiger partial charge in [-0.1, -0.05) is 0 Å². The lowest BCUT2D eigenvalue weighted by Gasteiger charge is -2.28. The summed E-state index contributed by atoms with van der Waals surface area (Å²) >= 11 is 0. The van der Waals surface area contributed by atoms with Crippen molar-refractivity contribution < 1.29 is 19.0 Å². The summed E-state index contributed by atoms with van der Waals surface area (Å²) in [7, 11) is 4.89. The molecule has 1 atom stereocenters. The normalized spacial score (nSPS) is 15.3. The van der Waals surface area contributed by atoms with E-state index in [2.05, 4.69) is 10.00 Å². The van der Waals surface area contributed by atoms with Gasteiger partial charge in [0, 0.05) is 39.3 Å². The first-order valence-electron chi connectivity index (χ1n) is 8.87. The molecule has 0 saturated carbocycles. The van der Waals surface area contributed by atoms with Gasteiger partial charge in [-0.25, -0.2) is 4.39 Å². The van der Waals surface area contributed by atoms with Crippen molar-refractivity contribution in [1.82, 2.24) is 19.6 Å². The van der Waals surface area contributed by atoms with Crippen molar-refractivity contribution in [1.29, 1.82) is 0 Å². The molecule has 1 aromatic heterocycles. The van der Waals surface area contributed by atoms with Crippen LogP contribution < -0.4 is 4.74 Å². The smallest absolute Gasteiger partial charge is 0.225 e. The average molecular weight is 376 g/mol. The van der Waals surface area contributed by atoms with Crippen molar-refractivity contribution >= 4 is 5.91 Å². The number of ether oxygens (including phenoxy) is 1. The molecule has 1 aromatic carbocycles. The van der Waals surface area contributed by atoms with Gasteiger partial charge in [0.15, 0.2) is 0 Å². The third kappa shape index (κ3) is 4.45. The molecule has 1 amide bonds. The number of amides is 1. The van der Waals surface area contributed by atoms with Crippen molar-refractivity contribution in [2.24, 2.45) is 0 Å². The first kappa shape index (κ1) is 19.3. The topological polar surface area (TPSA) is 70.8 Å². The number of fused-ring (bicyclic) bond motifs is 1. The van der Waals surface area contributed by atoms with Crippen LogP contribution in [0.5, 0.6) is 5.75 Å². The number of hydrogen-bond acceptors (Lipinski definition) is 5. The highest BCUT2D eigenvalue weighted by molar-refractivity contribution is 5.76. The SMILES string of the molecule is COc1ccc(F)cc1CN1CCn2nc(C(O)CC(=O)N(C)C)cc2C1. The number of carbonyl (C=O) groups is 1. The molecule has 3 rings (SSSR count). The average Bonchev–Trinajstić information content (AvgIpc) is 3.05. The maximum absolute atomic E-state index is 13.6. The molecule has 1 aliphatic rings. The van der Waals surface area contributed by atoms with Crippen LogP contribution in [0.25, 0.3) is 0 Å². The van der Waals surface area contributed by atoms with E-state index in [0.29, 0.717) is 31.1 Å². The number of methoxy groups -OCH3 is 1. The Labute approximate surface area is 157 Å². The molecule has 2 aromatic rings. The molecule has 8 heteroatoms. The van der Waals surface area contributed by atoms with Gasteiger partial charge in [0.1, 0.15) is 17.7 Å². The molecule has 146 valence electrons. The number of halogens is 1. The van der Waals surface area contributed by atoms with E-state index < -0.39 is 6.10 Å². The standard InChI is InChI=1S/C19H25FN4O3/c1-22(2)19(26)10-17(25)16-9-15-12-23(6-7-24(15)21-16)11-13-8-14(20)4-5-18(13)27-3/h4-5,8-9,17,25H,6-7,10-12H2,1-3H3. The Balaban J connectivity index is 1.69. The van der Waals surface area contributed by atoms with Crippen molar-refractivity contribution in [3.63, 3.8) is 0 Å². The van der Waals surface area contributed by atoms with Crippen molar-refractivity contribution in [2.75, 3.05) is 27.7 Å². The molecule has 7 nitrogen and oxygen atoms in total. The van der Waals surface area contributed by atoms with Gasteiger partial charge in [-0.3, -0.25) is 14.4 Å². The predicted octanol–water partition coefficient (Wildman–Crippen LogP) is 1.56. The minimum absolute atomic E-state index is 0.00760. The molecule has 2 heterocycles. The first-order chi connectivity index (χ1) is 12.9. The Morgan fingerprint density at radius 1 is 1.37 bits per heavy atom. The van der Waals surface area contributed by atoms with Gasteiger partial charge in [-0.15, -0.1) is 0 Å². The first-order valence-corrected chi connectivity index (χ1v) is 8.87. The molecule has 1 N–H and O–H groups in total. The third-order valence-electron chi connectivity index (χ3n) is 4.74. The molecule has 0 saturated heterocycles. The van der Waals surface area contributed by atoms with Crippen LogP contribution in [-0.4, -0.2) is 58.3 Å². The van der Waals surface area contributed by atoms with Crippen LogP contribution in [0.1, 0.15) is 29.5 Å². The predicted molar refractivity (Wildman–Crippen MR) is 97.6 cm³/mol. The van der Waals surface area contributed by atoms with E-state index in [4.69, 9.17) is 4.74 Å². The van der Waals surface area contributed by atoms with E-state index in [9.17, 15) is 14.3 Å². The van der Waals surface area contributed by atoms with Crippen molar-refractivity contribution in [3.05, 3.63) is 47.0 Å². The number of hydrogen-bond donors (Lipinski definition) is 1. The maximum atomic E-state index is 13.6. The number of carbonyl (C=O) groups excluding carboxylic acids is 1. The zero-order valence-corrected chi connectivity index (χ0v) is 15.9. The lowest BCUT2D eigenvalue weighted by molar-refractivity contribution is -0.130.